The number of nitrogens with zero attached hydrogens (tertiary/aromatic N) is 2. The number of benzene rings is 2. The molecule has 23 heavy (non-hydrogen) atoms. The molecule has 2 nitrogen and oxygen atoms in total. The zero-order valence-electron chi connectivity index (χ0n) is 13.2. The van der Waals surface area contributed by atoms with Gasteiger partial charge >= 0.3 is 0 Å². The molecule has 120 valence electrons. The summed E-state index contributed by atoms with van der Waals surface area (Å²) in [5.74, 6) is 0. The van der Waals surface area contributed by atoms with Crippen LogP contribution in [0.4, 0.5) is 0 Å². The Bertz CT molecular complexity index is 641. The number of hydrogen-bond donors (Lipinski definition) is 0. The number of rotatable bonds is 5. The van der Waals surface area contributed by atoms with E-state index in [1.54, 1.807) is 0 Å². The highest BCUT2D eigenvalue weighted by Gasteiger charge is 2.54. The van der Waals surface area contributed by atoms with E-state index in [4.69, 9.17) is 16.9 Å². The molecule has 0 aliphatic carbocycles. The number of halogens is 2. The third-order valence-electron chi connectivity index (χ3n) is 4.57. The Labute approximate surface area is 153 Å². The monoisotopic (exact) mass is 390 g/mol. The minimum absolute atomic E-state index is 0. The Morgan fingerprint density at radius 2 is 1.57 bits per heavy atom. The summed E-state index contributed by atoms with van der Waals surface area (Å²) in [5, 5.41) is 9.81. The summed E-state index contributed by atoms with van der Waals surface area (Å²) in [7, 11) is 0. The molecule has 2 unspecified atom stereocenters. The van der Waals surface area contributed by atoms with E-state index < -0.39 is 0 Å². The Hall–Kier alpha value is -1.34. The lowest BCUT2D eigenvalue weighted by atomic mass is 10.1. The fraction of sp³-hybridized carbons (Fsp3) is 0.316. The molecule has 1 fully saturated rings. The molecule has 1 aliphatic rings. The van der Waals surface area contributed by atoms with Gasteiger partial charge in [0.15, 0.2) is 6.04 Å². The fourth-order valence-corrected chi connectivity index (χ4v) is 3.32. The lowest BCUT2D eigenvalue weighted by Crippen LogP contribution is -3.00. The predicted octanol–water partition coefficient (Wildman–Crippen LogP) is 1.47. The molecule has 0 radical (unpaired) electrons. The quantitative estimate of drug-likeness (QED) is 0.559. The van der Waals surface area contributed by atoms with Gasteiger partial charge in [-0.1, -0.05) is 53.6 Å². The molecule has 0 spiro atoms. The summed E-state index contributed by atoms with van der Waals surface area (Å²) < 4.78 is 0.984. The second-order valence-corrected chi connectivity index (χ2v) is 6.78. The van der Waals surface area contributed by atoms with Crippen LogP contribution < -0.4 is 17.0 Å². The van der Waals surface area contributed by atoms with Crippen molar-refractivity contribution in [1.29, 1.82) is 5.26 Å². The van der Waals surface area contributed by atoms with Crippen molar-refractivity contribution < 1.29 is 21.5 Å². The van der Waals surface area contributed by atoms with Crippen molar-refractivity contribution in [1.82, 2.24) is 0 Å². The molecule has 1 heterocycles. The number of nitriles is 1. The summed E-state index contributed by atoms with van der Waals surface area (Å²) in [6.07, 6.45) is 0.638. The van der Waals surface area contributed by atoms with E-state index in [0.29, 0.717) is 12.5 Å². The van der Waals surface area contributed by atoms with Gasteiger partial charge in [0.2, 0.25) is 0 Å². The van der Waals surface area contributed by atoms with Gasteiger partial charge in [-0.3, -0.25) is 0 Å². The predicted molar refractivity (Wildman–Crippen MR) is 89.2 cm³/mol. The molecule has 0 N–H and O–H groups in total. The molecule has 3 rings (SSSR count). The molecular weight excluding hydrogens is 372 g/mol. The first-order chi connectivity index (χ1) is 10.6. The van der Waals surface area contributed by atoms with E-state index in [1.165, 1.54) is 16.7 Å². The van der Waals surface area contributed by atoms with Gasteiger partial charge in [0, 0.05) is 16.1 Å². The van der Waals surface area contributed by atoms with E-state index >= 15 is 0 Å². The molecule has 2 aromatic carbocycles. The molecule has 4 heteroatoms. The van der Waals surface area contributed by atoms with Crippen LogP contribution in [0.1, 0.15) is 23.1 Å². The fourth-order valence-electron chi connectivity index (χ4n) is 3.19. The Kier molecular flexibility index (Phi) is 5.86. The molecule has 2 aromatic rings. The van der Waals surface area contributed by atoms with Crippen molar-refractivity contribution in [3.63, 3.8) is 0 Å². The third-order valence-corrected chi connectivity index (χ3v) is 4.82. The third kappa shape index (κ3) is 4.35. The highest BCUT2D eigenvalue weighted by atomic mass is 79.9. The summed E-state index contributed by atoms with van der Waals surface area (Å²) in [6.45, 7) is 5.16. The van der Waals surface area contributed by atoms with Crippen molar-refractivity contribution in [2.75, 3.05) is 6.54 Å². The van der Waals surface area contributed by atoms with E-state index in [1.807, 2.05) is 12.1 Å². The minimum Gasteiger partial charge on any atom is -1.00 e. The number of aryl methyl sites for hydroxylation is 1. The van der Waals surface area contributed by atoms with Crippen LogP contribution >= 0.6 is 11.6 Å². The van der Waals surface area contributed by atoms with E-state index in [0.717, 1.165) is 29.1 Å². The Morgan fingerprint density at radius 1 is 1.04 bits per heavy atom. The summed E-state index contributed by atoms with van der Waals surface area (Å²) in [6, 6.07) is 19.6. The first-order valence-corrected chi connectivity index (χ1v) is 8.02. The van der Waals surface area contributed by atoms with Gasteiger partial charge in [-0.15, -0.1) is 0 Å². The molecule has 0 aromatic heterocycles. The number of quaternary nitrogens is 1. The van der Waals surface area contributed by atoms with Crippen LogP contribution in [-0.2, 0) is 13.1 Å². The van der Waals surface area contributed by atoms with Crippen LogP contribution in [0, 0.1) is 18.3 Å². The zero-order chi connectivity index (χ0) is 15.6. The van der Waals surface area contributed by atoms with E-state index in [-0.39, 0.29) is 17.0 Å². The molecule has 2 atom stereocenters. The van der Waals surface area contributed by atoms with Crippen LogP contribution in [0.15, 0.2) is 48.5 Å². The number of hydrogen-bond acceptors (Lipinski definition) is 1. The van der Waals surface area contributed by atoms with Crippen LogP contribution in [0.25, 0.3) is 0 Å². The van der Waals surface area contributed by atoms with Gasteiger partial charge in [0.1, 0.15) is 19.6 Å². The average molecular weight is 392 g/mol. The maximum absolute atomic E-state index is 9.04. The van der Waals surface area contributed by atoms with Gasteiger partial charge in [-0.05, 0) is 19.1 Å². The maximum atomic E-state index is 9.04. The van der Waals surface area contributed by atoms with Crippen molar-refractivity contribution in [2.45, 2.75) is 32.5 Å². The van der Waals surface area contributed by atoms with Crippen molar-refractivity contribution in [2.24, 2.45) is 0 Å². The van der Waals surface area contributed by atoms with Crippen molar-refractivity contribution >= 4 is 11.6 Å². The largest absolute Gasteiger partial charge is 1.00 e. The summed E-state index contributed by atoms with van der Waals surface area (Å²) in [4.78, 5) is 0. The second-order valence-electron chi connectivity index (χ2n) is 6.35. The Balaban J connectivity index is 0.00000192. The first kappa shape index (κ1) is 18.0. The molecule has 1 saturated heterocycles. The summed E-state index contributed by atoms with van der Waals surface area (Å²) in [5.41, 5.74) is 3.92. The highest BCUT2D eigenvalue weighted by Crippen LogP contribution is 2.38. The molecular formula is C19H20BrClN2. The smallest absolute Gasteiger partial charge is 0.152 e. The topological polar surface area (TPSA) is 23.8 Å². The molecule has 0 bridgehead atoms. The van der Waals surface area contributed by atoms with Gasteiger partial charge in [-0.25, -0.2) is 0 Å². The van der Waals surface area contributed by atoms with Gasteiger partial charge < -0.3 is 21.5 Å². The van der Waals surface area contributed by atoms with Gasteiger partial charge in [-0.2, -0.15) is 5.26 Å². The average Bonchev–Trinajstić information content (AvgIpc) is 3.16. The zero-order valence-corrected chi connectivity index (χ0v) is 15.5. The van der Waals surface area contributed by atoms with Crippen LogP contribution in [-0.4, -0.2) is 17.1 Å². The van der Waals surface area contributed by atoms with Crippen LogP contribution in [0.3, 0.4) is 0 Å². The highest BCUT2D eigenvalue weighted by molar-refractivity contribution is 6.30. The van der Waals surface area contributed by atoms with Crippen molar-refractivity contribution in [3.05, 3.63) is 70.2 Å². The minimum atomic E-state index is 0. The van der Waals surface area contributed by atoms with E-state index in [2.05, 4.69) is 49.4 Å². The Morgan fingerprint density at radius 3 is 2.09 bits per heavy atom. The molecule has 1 aliphatic heterocycles. The van der Waals surface area contributed by atoms with Crippen molar-refractivity contribution in [3.8, 4) is 6.07 Å². The van der Waals surface area contributed by atoms with E-state index in [9.17, 15) is 0 Å². The van der Waals surface area contributed by atoms with Crippen LogP contribution in [0.5, 0.6) is 0 Å². The second kappa shape index (κ2) is 7.49. The molecule has 0 saturated carbocycles. The summed E-state index contributed by atoms with van der Waals surface area (Å²) >= 11 is 5.97. The first-order valence-electron chi connectivity index (χ1n) is 7.64. The molecule has 0 amide bonds. The van der Waals surface area contributed by atoms with Crippen LogP contribution in [0.2, 0.25) is 5.02 Å². The normalized spacial score (nSPS) is 22.0. The van der Waals surface area contributed by atoms with Gasteiger partial charge in [0.05, 0.1) is 12.5 Å². The lowest BCUT2D eigenvalue weighted by Gasteiger charge is -2.21. The maximum Gasteiger partial charge on any atom is 0.152 e. The van der Waals surface area contributed by atoms with Gasteiger partial charge in [0.25, 0.3) is 0 Å². The lowest BCUT2D eigenvalue weighted by molar-refractivity contribution is -0.841. The standard InChI is InChI=1S/C19H20ClN2.BrH/c1-15-2-4-16(5-3-15)12-22(14-19(22)10-11-21)13-17-6-8-18(20)9-7-17;/h2-9,19H,10,12-14H2,1H3;1H/q+1;/p-1. The SMILES string of the molecule is Cc1ccc(C[N+]2(Cc3ccc(Cl)cc3)CC2CC#N)cc1.[Br-].